The number of carbonyl (C=O) groups excluding carboxylic acids is 2. The summed E-state index contributed by atoms with van der Waals surface area (Å²) in [7, 11) is 0. The lowest BCUT2D eigenvalue weighted by Crippen LogP contribution is -2.47. The van der Waals surface area contributed by atoms with Crippen LogP contribution in [0.3, 0.4) is 0 Å². The van der Waals surface area contributed by atoms with Gasteiger partial charge in [-0.25, -0.2) is 0 Å². The Morgan fingerprint density at radius 3 is 2.62 bits per heavy atom. The number of carbonyl (C=O) groups is 2. The number of aryl methyl sites for hydroxylation is 1. The van der Waals surface area contributed by atoms with E-state index in [1.165, 1.54) is 4.88 Å². The molecule has 2 heterocycles. The fraction of sp³-hybridized carbons (Fsp3) is 0.625. The molecule has 5 heteroatoms. The molecule has 2 fully saturated rings. The lowest BCUT2D eigenvalue weighted by atomic mass is 10.0. The van der Waals surface area contributed by atoms with E-state index in [4.69, 9.17) is 0 Å². The maximum absolute atomic E-state index is 12.0. The number of hydrogen-bond acceptors (Lipinski definition) is 3. The predicted molar refractivity (Wildman–Crippen MR) is 83.1 cm³/mol. The molecule has 1 aliphatic carbocycles. The minimum atomic E-state index is 0.135. The van der Waals surface area contributed by atoms with Gasteiger partial charge in [-0.1, -0.05) is 6.07 Å². The quantitative estimate of drug-likeness (QED) is 0.906. The van der Waals surface area contributed by atoms with Gasteiger partial charge in [0.2, 0.25) is 11.8 Å². The number of amides is 2. The van der Waals surface area contributed by atoms with Crippen LogP contribution in [-0.4, -0.2) is 35.8 Å². The van der Waals surface area contributed by atoms with Gasteiger partial charge in [0, 0.05) is 36.3 Å². The third kappa shape index (κ3) is 4.06. The van der Waals surface area contributed by atoms with Crippen molar-refractivity contribution in [1.29, 1.82) is 0 Å². The fourth-order valence-electron chi connectivity index (χ4n) is 2.82. The molecule has 1 aromatic heterocycles. The van der Waals surface area contributed by atoms with Crippen LogP contribution in [0.25, 0.3) is 0 Å². The number of piperidine rings is 1. The van der Waals surface area contributed by atoms with Crippen LogP contribution in [-0.2, 0) is 16.0 Å². The molecule has 0 unspecified atom stereocenters. The standard InChI is InChI=1S/C16H22N2O2S/c19-15(6-5-14-2-1-11-21-14)17-13-7-9-18(10-8-13)16(20)12-3-4-12/h1-2,11-13H,3-10H2,(H,17,19). The summed E-state index contributed by atoms with van der Waals surface area (Å²) < 4.78 is 0. The van der Waals surface area contributed by atoms with Gasteiger partial charge < -0.3 is 10.2 Å². The van der Waals surface area contributed by atoms with Crippen LogP contribution in [0, 0.1) is 5.92 Å². The SMILES string of the molecule is O=C(CCc1cccs1)NC1CCN(C(=O)C2CC2)CC1. The average molecular weight is 306 g/mol. The molecule has 1 N–H and O–H groups in total. The van der Waals surface area contributed by atoms with E-state index >= 15 is 0 Å². The second kappa shape index (κ2) is 6.60. The number of nitrogens with zero attached hydrogens (tertiary/aromatic N) is 1. The zero-order valence-corrected chi connectivity index (χ0v) is 13.0. The molecule has 1 saturated carbocycles. The second-order valence-electron chi connectivity index (χ2n) is 6.02. The van der Waals surface area contributed by atoms with Gasteiger partial charge in [0.15, 0.2) is 0 Å². The van der Waals surface area contributed by atoms with E-state index in [0.717, 1.165) is 45.2 Å². The molecule has 0 bridgehead atoms. The summed E-state index contributed by atoms with van der Waals surface area (Å²) >= 11 is 1.70. The fourth-order valence-corrected chi connectivity index (χ4v) is 3.53. The number of hydrogen-bond donors (Lipinski definition) is 1. The van der Waals surface area contributed by atoms with Gasteiger partial charge in [-0.05, 0) is 43.6 Å². The van der Waals surface area contributed by atoms with Gasteiger partial charge in [-0.2, -0.15) is 0 Å². The van der Waals surface area contributed by atoms with Gasteiger partial charge in [0.25, 0.3) is 0 Å². The van der Waals surface area contributed by atoms with Crippen molar-refractivity contribution in [3.63, 3.8) is 0 Å². The van der Waals surface area contributed by atoms with E-state index in [1.807, 2.05) is 16.3 Å². The largest absolute Gasteiger partial charge is 0.353 e. The first-order valence-corrected chi connectivity index (χ1v) is 8.71. The summed E-state index contributed by atoms with van der Waals surface area (Å²) in [5, 5.41) is 5.15. The number of thiophene rings is 1. The first kappa shape index (κ1) is 14.6. The molecule has 0 spiro atoms. The lowest BCUT2D eigenvalue weighted by Gasteiger charge is -2.32. The number of nitrogens with one attached hydrogen (secondary N) is 1. The molecule has 0 aromatic carbocycles. The van der Waals surface area contributed by atoms with Crippen LogP contribution < -0.4 is 5.32 Å². The minimum absolute atomic E-state index is 0.135. The van der Waals surface area contributed by atoms with Crippen LogP contribution in [0.5, 0.6) is 0 Å². The highest BCUT2D eigenvalue weighted by Gasteiger charge is 2.34. The van der Waals surface area contributed by atoms with Crippen LogP contribution in [0.2, 0.25) is 0 Å². The Labute approximate surface area is 129 Å². The van der Waals surface area contributed by atoms with E-state index in [9.17, 15) is 9.59 Å². The zero-order chi connectivity index (χ0) is 14.7. The van der Waals surface area contributed by atoms with E-state index < -0.39 is 0 Å². The monoisotopic (exact) mass is 306 g/mol. The summed E-state index contributed by atoms with van der Waals surface area (Å²) in [6.45, 7) is 1.59. The first-order chi connectivity index (χ1) is 10.2. The van der Waals surface area contributed by atoms with Crippen molar-refractivity contribution in [3.8, 4) is 0 Å². The molecule has 4 nitrogen and oxygen atoms in total. The minimum Gasteiger partial charge on any atom is -0.353 e. The van der Waals surface area contributed by atoms with E-state index in [0.29, 0.717) is 18.2 Å². The lowest BCUT2D eigenvalue weighted by molar-refractivity contribution is -0.133. The van der Waals surface area contributed by atoms with Crippen molar-refractivity contribution < 1.29 is 9.59 Å². The van der Waals surface area contributed by atoms with Crippen LogP contribution >= 0.6 is 11.3 Å². The second-order valence-corrected chi connectivity index (χ2v) is 7.05. The van der Waals surface area contributed by atoms with Crippen molar-refractivity contribution in [3.05, 3.63) is 22.4 Å². The van der Waals surface area contributed by atoms with Gasteiger partial charge in [-0.15, -0.1) is 11.3 Å². The summed E-state index contributed by atoms with van der Waals surface area (Å²) in [6.07, 6.45) is 5.30. The Hall–Kier alpha value is -1.36. The van der Waals surface area contributed by atoms with Gasteiger partial charge in [0.05, 0.1) is 0 Å². The topological polar surface area (TPSA) is 49.4 Å². The van der Waals surface area contributed by atoms with Gasteiger partial charge in [0.1, 0.15) is 0 Å². The van der Waals surface area contributed by atoms with Crippen molar-refractivity contribution >= 4 is 23.2 Å². The Bertz CT molecular complexity index is 488. The summed E-state index contributed by atoms with van der Waals surface area (Å²) in [6, 6.07) is 4.33. The van der Waals surface area contributed by atoms with Crippen molar-refractivity contribution in [1.82, 2.24) is 10.2 Å². The molecule has 2 aliphatic rings. The zero-order valence-electron chi connectivity index (χ0n) is 12.2. The molecule has 0 radical (unpaired) electrons. The Kier molecular flexibility index (Phi) is 4.58. The molecule has 2 amide bonds. The molecule has 3 rings (SSSR count). The third-order valence-corrected chi connectivity index (χ3v) is 5.21. The Balaban J connectivity index is 1.36. The first-order valence-electron chi connectivity index (χ1n) is 7.83. The number of likely N-dealkylation sites (tertiary alicyclic amines) is 1. The molecule has 1 saturated heterocycles. The highest BCUT2D eigenvalue weighted by Crippen LogP contribution is 2.31. The molecule has 1 aromatic rings. The molecule has 0 atom stereocenters. The third-order valence-electron chi connectivity index (χ3n) is 4.28. The molecular weight excluding hydrogens is 284 g/mol. The van der Waals surface area contributed by atoms with E-state index in [-0.39, 0.29) is 11.9 Å². The smallest absolute Gasteiger partial charge is 0.225 e. The van der Waals surface area contributed by atoms with Crippen LogP contribution in [0.4, 0.5) is 0 Å². The maximum atomic E-state index is 12.0. The summed E-state index contributed by atoms with van der Waals surface area (Å²) in [5.74, 6) is 0.773. The average Bonchev–Trinajstić information content (AvgIpc) is 3.22. The highest BCUT2D eigenvalue weighted by molar-refractivity contribution is 7.09. The van der Waals surface area contributed by atoms with Gasteiger partial charge in [-0.3, -0.25) is 9.59 Å². The number of rotatable bonds is 5. The van der Waals surface area contributed by atoms with Gasteiger partial charge >= 0.3 is 0 Å². The van der Waals surface area contributed by atoms with Crippen molar-refractivity contribution in [2.24, 2.45) is 5.92 Å². The Morgan fingerprint density at radius 2 is 2.00 bits per heavy atom. The molecule has 21 heavy (non-hydrogen) atoms. The van der Waals surface area contributed by atoms with E-state index in [1.54, 1.807) is 11.3 Å². The van der Waals surface area contributed by atoms with Crippen LogP contribution in [0.1, 0.15) is 37.0 Å². The van der Waals surface area contributed by atoms with Crippen molar-refractivity contribution in [2.75, 3.05) is 13.1 Å². The molecule has 114 valence electrons. The van der Waals surface area contributed by atoms with Crippen molar-refractivity contribution in [2.45, 2.75) is 44.6 Å². The Morgan fingerprint density at radius 1 is 1.24 bits per heavy atom. The van der Waals surface area contributed by atoms with E-state index in [2.05, 4.69) is 11.4 Å². The molecule has 1 aliphatic heterocycles. The van der Waals surface area contributed by atoms with Crippen LogP contribution in [0.15, 0.2) is 17.5 Å². The predicted octanol–water partition coefficient (Wildman–Crippen LogP) is 2.20. The summed E-state index contributed by atoms with van der Waals surface area (Å²) in [5.41, 5.74) is 0. The normalized spacial score (nSPS) is 19.5. The molecular formula is C16H22N2O2S. The highest BCUT2D eigenvalue weighted by atomic mass is 32.1. The maximum Gasteiger partial charge on any atom is 0.225 e. The summed E-state index contributed by atoms with van der Waals surface area (Å²) in [4.78, 5) is 27.2.